The molecular formula is C27H27N3O3S. The van der Waals surface area contributed by atoms with Gasteiger partial charge >= 0.3 is 0 Å². The molecule has 0 aliphatic heterocycles. The largest absolute Gasteiger partial charge is 0.348 e. The van der Waals surface area contributed by atoms with Crippen molar-refractivity contribution >= 4 is 15.7 Å². The Morgan fingerprint density at radius 3 is 2.29 bits per heavy atom. The topological polar surface area (TPSA) is 81.1 Å². The minimum atomic E-state index is -3.37. The zero-order chi connectivity index (χ0) is 24.1. The molecule has 0 spiro atoms. The molecule has 0 aliphatic rings. The van der Waals surface area contributed by atoms with E-state index in [1.165, 1.54) is 12.1 Å². The van der Waals surface area contributed by atoms with E-state index in [9.17, 15) is 13.2 Å². The highest BCUT2D eigenvalue weighted by Gasteiger charge is 2.19. The Hall–Kier alpha value is -3.71. The van der Waals surface area contributed by atoms with Gasteiger partial charge in [-0.2, -0.15) is 5.10 Å². The maximum Gasteiger partial charge on any atom is 0.251 e. The lowest BCUT2D eigenvalue weighted by molar-refractivity contribution is 0.0951. The highest BCUT2D eigenvalue weighted by molar-refractivity contribution is 7.92. The number of hydrogen-bond acceptors (Lipinski definition) is 4. The second-order valence-corrected chi connectivity index (χ2v) is 10.9. The molecule has 0 bridgehead atoms. The average molecular weight is 474 g/mol. The molecule has 0 aliphatic carbocycles. The van der Waals surface area contributed by atoms with Crippen molar-refractivity contribution in [3.05, 3.63) is 108 Å². The number of nitrogens with one attached hydrogen (secondary N) is 1. The maximum absolute atomic E-state index is 12.7. The molecule has 0 saturated heterocycles. The third kappa shape index (κ3) is 5.26. The van der Waals surface area contributed by atoms with Crippen LogP contribution in [0.25, 0.3) is 11.1 Å². The molecule has 34 heavy (non-hydrogen) atoms. The van der Waals surface area contributed by atoms with Crippen LogP contribution < -0.4 is 5.32 Å². The molecule has 1 aromatic heterocycles. The van der Waals surface area contributed by atoms with Crippen molar-refractivity contribution in [1.29, 1.82) is 0 Å². The molecule has 6 nitrogen and oxygen atoms in total. The van der Waals surface area contributed by atoms with E-state index in [1.54, 1.807) is 32.2 Å². The van der Waals surface area contributed by atoms with Crippen LogP contribution >= 0.6 is 0 Å². The van der Waals surface area contributed by atoms with Crippen molar-refractivity contribution in [1.82, 2.24) is 15.1 Å². The standard InChI is InChI=1S/C27H27N3O3S/c1-20(2)34(32,33)25-14-12-23(13-15-25)27(31)28-18-24-6-3-4-7-26(24)22-10-8-21(9-11-22)19-30-17-5-16-29-30/h3-17,20H,18-19H2,1-2H3,(H,28,31). The van der Waals surface area contributed by atoms with Crippen molar-refractivity contribution in [3.8, 4) is 11.1 Å². The molecule has 0 atom stereocenters. The normalized spacial score (nSPS) is 11.5. The average Bonchev–Trinajstić information content (AvgIpc) is 3.36. The number of amides is 1. The number of rotatable bonds is 8. The van der Waals surface area contributed by atoms with Gasteiger partial charge in [0.05, 0.1) is 16.7 Å². The quantitative estimate of drug-likeness (QED) is 0.402. The first-order valence-electron chi connectivity index (χ1n) is 11.1. The zero-order valence-electron chi connectivity index (χ0n) is 19.2. The molecule has 4 rings (SSSR count). The molecule has 1 heterocycles. The summed E-state index contributed by atoms with van der Waals surface area (Å²) < 4.78 is 26.5. The second-order valence-electron chi connectivity index (χ2n) is 8.36. The van der Waals surface area contributed by atoms with Crippen molar-refractivity contribution in [3.63, 3.8) is 0 Å². The van der Waals surface area contributed by atoms with Gasteiger partial charge in [-0.25, -0.2) is 8.42 Å². The van der Waals surface area contributed by atoms with Crippen molar-refractivity contribution in [2.75, 3.05) is 0 Å². The summed E-state index contributed by atoms with van der Waals surface area (Å²) in [5, 5.41) is 6.68. The monoisotopic (exact) mass is 473 g/mol. The van der Waals surface area contributed by atoms with E-state index in [4.69, 9.17) is 0 Å². The number of sulfone groups is 1. The Morgan fingerprint density at radius 2 is 1.65 bits per heavy atom. The van der Waals surface area contributed by atoms with E-state index in [2.05, 4.69) is 34.7 Å². The van der Waals surface area contributed by atoms with Crippen molar-refractivity contribution < 1.29 is 13.2 Å². The van der Waals surface area contributed by atoms with E-state index in [0.717, 1.165) is 22.3 Å². The molecule has 7 heteroatoms. The zero-order valence-corrected chi connectivity index (χ0v) is 20.0. The Kier molecular flexibility index (Phi) is 6.93. The summed E-state index contributed by atoms with van der Waals surface area (Å²) in [6.07, 6.45) is 3.70. The third-order valence-electron chi connectivity index (χ3n) is 5.69. The van der Waals surface area contributed by atoms with Gasteiger partial charge in [0.2, 0.25) is 0 Å². The Bertz CT molecular complexity index is 1360. The fraction of sp³-hybridized carbons (Fsp3) is 0.185. The van der Waals surface area contributed by atoms with Gasteiger partial charge in [-0.3, -0.25) is 9.48 Å². The van der Waals surface area contributed by atoms with Crippen molar-refractivity contribution in [2.24, 2.45) is 0 Å². The van der Waals surface area contributed by atoms with Gasteiger partial charge in [0.15, 0.2) is 9.84 Å². The molecule has 0 fully saturated rings. The summed E-state index contributed by atoms with van der Waals surface area (Å²) >= 11 is 0. The Balaban J connectivity index is 1.45. The lowest BCUT2D eigenvalue weighted by Gasteiger charge is -2.12. The highest BCUT2D eigenvalue weighted by atomic mass is 32.2. The summed E-state index contributed by atoms with van der Waals surface area (Å²) in [5.74, 6) is -0.252. The van der Waals surface area contributed by atoms with Crippen LogP contribution in [0.3, 0.4) is 0 Å². The van der Waals surface area contributed by atoms with Crippen LogP contribution in [0.2, 0.25) is 0 Å². The molecule has 1 amide bonds. The van der Waals surface area contributed by atoms with E-state index < -0.39 is 15.1 Å². The minimum Gasteiger partial charge on any atom is -0.348 e. The Labute approximate surface area is 200 Å². The van der Waals surface area contributed by atoms with Gasteiger partial charge in [-0.1, -0.05) is 48.5 Å². The molecule has 0 saturated carbocycles. The summed E-state index contributed by atoms with van der Waals surface area (Å²) in [6.45, 7) is 4.35. The molecular weight excluding hydrogens is 446 g/mol. The lowest BCUT2D eigenvalue weighted by atomic mass is 9.98. The van der Waals surface area contributed by atoms with E-state index in [0.29, 0.717) is 18.7 Å². The van der Waals surface area contributed by atoms with Gasteiger partial charge in [0.25, 0.3) is 5.91 Å². The van der Waals surface area contributed by atoms with Gasteiger partial charge in [0, 0.05) is 24.5 Å². The summed E-state index contributed by atoms with van der Waals surface area (Å²) in [6, 6.07) is 24.3. The van der Waals surface area contributed by atoms with Crippen LogP contribution in [0.4, 0.5) is 0 Å². The first kappa shape index (κ1) is 23.4. The summed E-state index contributed by atoms with van der Waals surface area (Å²) in [7, 11) is -3.37. The molecule has 4 aromatic rings. The predicted octanol–water partition coefficient (Wildman–Crippen LogP) is 4.71. The summed E-state index contributed by atoms with van der Waals surface area (Å²) in [4.78, 5) is 12.9. The van der Waals surface area contributed by atoms with Crippen LogP contribution in [0.5, 0.6) is 0 Å². The number of benzene rings is 3. The fourth-order valence-corrected chi connectivity index (χ4v) is 4.73. The van der Waals surface area contributed by atoms with Crippen LogP contribution in [0.15, 0.2) is 96.2 Å². The number of carbonyl (C=O) groups excluding carboxylic acids is 1. The lowest BCUT2D eigenvalue weighted by Crippen LogP contribution is -2.23. The van der Waals surface area contributed by atoms with Gasteiger partial charge < -0.3 is 5.32 Å². The second kappa shape index (κ2) is 10.1. The van der Waals surface area contributed by atoms with Crippen LogP contribution in [-0.2, 0) is 22.9 Å². The maximum atomic E-state index is 12.7. The third-order valence-corrected chi connectivity index (χ3v) is 7.86. The van der Waals surface area contributed by atoms with Crippen molar-refractivity contribution in [2.45, 2.75) is 37.1 Å². The van der Waals surface area contributed by atoms with Crippen LogP contribution in [-0.4, -0.2) is 29.4 Å². The number of carbonyl (C=O) groups is 1. The first-order chi connectivity index (χ1) is 16.3. The molecule has 3 aromatic carbocycles. The van der Waals surface area contributed by atoms with Gasteiger partial charge in [0.1, 0.15) is 0 Å². The number of hydrogen-bond donors (Lipinski definition) is 1. The van der Waals surface area contributed by atoms with E-state index in [-0.39, 0.29) is 10.8 Å². The molecule has 0 radical (unpaired) electrons. The number of nitrogens with zero attached hydrogens (tertiary/aromatic N) is 2. The number of aromatic nitrogens is 2. The van der Waals surface area contributed by atoms with Gasteiger partial charge in [-0.15, -0.1) is 0 Å². The highest BCUT2D eigenvalue weighted by Crippen LogP contribution is 2.24. The van der Waals surface area contributed by atoms with E-state index >= 15 is 0 Å². The Morgan fingerprint density at radius 1 is 0.941 bits per heavy atom. The molecule has 1 N–H and O–H groups in total. The fourth-order valence-electron chi connectivity index (χ4n) is 3.67. The van der Waals surface area contributed by atoms with Crippen LogP contribution in [0, 0.1) is 0 Å². The molecule has 0 unspecified atom stereocenters. The predicted molar refractivity (Wildman–Crippen MR) is 133 cm³/mol. The summed E-state index contributed by atoms with van der Waals surface area (Å²) in [5.41, 5.74) is 4.68. The van der Waals surface area contributed by atoms with Gasteiger partial charge in [-0.05, 0) is 66.4 Å². The smallest absolute Gasteiger partial charge is 0.251 e. The first-order valence-corrected chi connectivity index (χ1v) is 12.7. The SMILES string of the molecule is CC(C)S(=O)(=O)c1ccc(C(=O)NCc2ccccc2-c2ccc(Cn3cccn3)cc2)cc1. The molecule has 174 valence electrons. The minimum absolute atomic E-state index is 0.223. The van der Waals surface area contributed by atoms with E-state index in [1.807, 2.05) is 41.2 Å². The van der Waals surface area contributed by atoms with Crippen LogP contribution in [0.1, 0.15) is 35.3 Å².